The highest BCUT2D eigenvalue weighted by Gasteiger charge is 2.14. The number of aromatic nitrogens is 4. The van der Waals surface area contributed by atoms with Crippen LogP contribution in [0.5, 0.6) is 17.5 Å². The van der Waals surface area contributed by atoms with Crippen molar-refractivity contribution in [1.29, 1.82) is 0 Å². The molecule has 146 valence electrons. The first-order valence-electron chi connectivity index (χ1n) is 9.40. The van der Waals surface area contributed by atoms with Crippen LogP contribution < -0.4 is 14.8 Å². The Morgan fingerprint density at radius 3 is 2.41 bits per heavy atom. The molecule has 0 radical (unpaired) electrons. The summed E-state index contributed by atoms with van der Waals surface area (Å²) in [6, 6.07) is 25.7. The Kier molecular flexibility index (Phi) is 5.66. The van der Waals surface area contributed by atoms with Crippen molar-refractivity contribution in [3.8, 4) is 23.2 Å². The lowest BCUT2D eigenvalue weighted by atomic mass is 10.2. The molecular weight excluding hydrogens is 366 g/mol. The van der Waals surface area contributed by atoms with Gasteiger partial charge in [-0.3, -0.25) is 0 Å². The zero-order chi connectivity index (χ0) is 19.9. The number of nitrogens with zero attached hydrogens (tertiary/aromatic N) is 4. The molecule has 1 heterocycles. The molecule has 0 spiro atoms. The quantitative estimate of drug-likeness (QED) is 0.481. The fourth-order valence-electron chi connectivity index (χ4n) is 2.85. The summed E-state index contributed by atoms with van der Waals surface area (Å²) in [5.41, 5.74) is 2.95. The second-order valence-corrected chi connectivity index (χ2v) is 6.24. The Balaban J connectivity index is 1.54. The van der Waals surface area contributed by atoms with E-state index in [9.17, 15) is 0 Å². The van der Waals surface area contributed by atoms with E-state index in [1.165, 1.54) is 0 Å². The van der Waals surface area contributed by atoms with Gasteiger partial charge in [-0.2, -0.15) is 4.68 Å². The van der Waals surface area contributed by atoms with Crippen LogP contribution >= 0.6 is 0 Å². The summed E-state index contributed by atoms with van der Waals surface area (Å²) in [4.78, 5) is 0. The molecule has 7 heteroatoms. The van der Waals surface area contributed by atoms with Gasteiger partial charge in [0.1, 0.15) is 0 Å². The number of hydrogen-bond acceptors (Lipinski definition) is 6. The van der Waals surface area contributed by atoms with Crippen molar-refractivity contribution in [3.05, 3.63) is 84.4 Å². The number of anilines is 1. The SMILES string of the molecule is CCOc1cc(CNc2ccccc2)ccc1Oc1nnnn1-c1ccccc1. The van der Waals surface area contributed by atoms with Crippen molar-refractivity contribution in [2.75, 3.05) is 11.9 Å². The average molecular weight is 387 g/mol. The van der Waals surface area contributed by atoms with Gasteiger partial charge in [-0.25, -0.2) is 0 Å². The molecule has 29 heavy (non-hydrogen) atoms. The number of para-hydroxylation sites is 2. The average Bonchev–Trinajstić information content (AvgIpc) is 3.23. The van der Waals surface area contributed by atoms with E-state index >= 15 is 0 Å². The van der Waals surface area contributed by atoms with Crippen LogP contribution in [0.1, 0.15) is 12.5 Å². The molecule has 1 N–H and O–H groups in total. The summed E-state index contributed by atoms with van der Waals surface area (Å²) < 4.78 is 13.3. The van der Waals surface area contributed by atoms with Gasteiger partial charge in [0.25, 0.3) is 0 Å². The van der Waals surface area contributed by atoms with E-state index < -0.39 is 0 Å². The van der Waals surface area contributed by atoms with Crippen LogP contribution in [0, 0.1) is 0 Å². The first-order chi connectivity index (χ1) is 14.3. The first-order valence-corrected chi connectivity index (χ1v) is 9.40. The van der Waals surface area contributed by atoms with Crippen molar-refractivity contribution in [2.45, 2.75) is 13.5 Å². The van der Waals surface area contributed by atoms with Gasteiger partial charge in [0, 0.05) is 12.2 Å². The Labute approximate surface area is 168 Å². The van der Waals surface area contributed by atoms with Gasteiger partial charge in [-0.15, -0.1) is 0 Å². The lowest BCUT2D eigenvalue weighted by Gasteiger charge is -2.13. The monoisotopic (exact) mass is 387 g/mol. The highest BCUT2D eigenvalue weighted by atomic mass is 16.5. The summed E-state index contributed by atoms with van der Waals surface area (Å²) in [5.74, 6) is 1.20. The van der Waals surface area contributed by atoms with E-state index in [1.807, 2.05) is 85.8 Å². The molecule has 1 aromatic heterocycles. The molecule has 0 saturated heterocycles. The van der Waals surface area contributed by atoms with Crippen LogP contribution in [-0.2, 0) is 6.54 Å². The number of benzene rings is 3. The third-order valence-corrected chi connectivity index (χ3v) is 4.22. The second kappa shape index (κ2) is 8.88. The van der Waals surface area contributed by atoms with Crippen molar-refractivity contribution in [3.63, 3.8) is 0 Å². The lowest BCUT2D eigenvalue weighted by Crippen LogP contribution is -2.03. The van der Waals surface area contributed by atoms with Gasteiger partial charge >= 0.3 is 6.01 Å². The van der Waals surface area contributed by atoms with Crippen molar-refractivity contribution >= 4 is 5.69 Å². The van der Waals surface area contributed by atoms with E-state index in [0.29, 0.717) is 24.7 Å². The van der Waals surface area contributed by atoms with Gasteiger partial charge in [-0.1, -0.05) is 47.6 Å². The maximum Gasteiger partial charge on any atom is 0.346 e. The first kappa shape index (κ1) is 18.5. The summed E-state index contributed by atoms with van der Waals surface area (Å²) in [7, 11) is 0. The van der Waals surface area contributed by atoms with Gasteiger partial charge in [0.05, 0.1) is 12.3 Å². The van der Waals surface area contributed by atoms with Crippen LogP contribution in [0.4, 0.5) is 5.69 Å². The van der Waals surface area contributed by atoms with Gasteiger partial charge < -0.3 is 14.8 Å². The molecule has 0 aliphatic rings. The number of nitrogens with one attached hydrogen (secondary N) is 1. The van der Waals surface area contributed by atoms with Crippen LogP contribution in [0.25, 0.3) is 5.69 Å². The third kappa shape index (κ3) is 4.52. The maximum atomic E-state index is 5.99. The van der Waals surface area contributed by atoms with Crippen molar-refractivity contribution < 1.29 is 9.47 Å². The van der Waals surface area contributed by atoms with Crippen LogP contribution in [-0.4, -0.2) is 26.8 Å². The molecule has 4 rings (SSSR count). The number of hydrogen-bond donors (Lipinski definition) is 1. The Hall–Kier alpha value is -3.87. The van der Waals surface area contributed by atoms with Crippen molar-refractivity contribution in [2.24, 2.45) is 0 Å². The summed E-state index contributed by atoms with van der Waals surface area (Å²) in [6.07, 6.45) is 0. The molecule has 0 fully saturated rings. The van der Waals surface area contributed by atoms with E-state index in [0.717, 1.165) is 16.9 Å². The van der Waals surface area contributed by atoms with E-state index in [1.54, 1.807) is 4.68 Å². The van der Waals surface area contributed by atoms with E-state index in [2.05, 4.69) is 20.8 Å². The standard InChI is InChI=1S/C22H21N5O2/c1-2-28-21-15-17(16-23-18-9-5-3-6-10-18)13-14-20(21)29-22-24-25-26-27(22)19-11-7-4-8-12-19/h3-15,23H,2,16H2,1H3. The highest BCUT2D eigenvalue weighted by molar-refractivity contribution is 5.47. The molecule has 4 aromatic rings. The highest BCUT2D eigenvalue weighted by Crippen LogP contribution is 2.32. The topological polar surface area (TPSA) is 74.1 Å². The largest absolute Gasteiger partial charge is 0.490 e. The molecule has 0 aliphatic heterocycles. The minimum atomic E-state index is 0.271. The van der Waals surface area contributed by atoms with Crippen LogP contribution in [0.15, 0.2) is 78.9 Å². The minimum absolute atomic E-state index is 0.271. The Morgan fingerprint density at radius 2 is 1.66 bits per heavy atom. The molecule has 3 aromatic carbocycles. The van der Waals surface area contributed by atoms with Gasteiger partial charge in [-0.05, 0) is 59.3 Å². The second-order valence-electron chi connectivity index (χ2n) is 6.24. The van der Waals surface area contributed by atoms with Crippen molar-refractivity contribution in [1.82, 2.24) is 20.2 Å². The Morgan fingerprint density at radius 1 is 0.897 bits per heavy atom. The number of tetrazole rings is 1. The Bertz CT molecular complexity index is 1050. The molecule has 0 atom stereocenters. The zero-order valence-corrected chi connectivity index (χ0v) is 16.0. The van der Waals surface area contributed by atoms with Crippen LogP contribution in [0.3, 0.4) is 0 Å². The smallest absolute Gasteiger partial charge is 0.346 e. The minimum Gasteiger partial charge on any atom is -0.490 e. The van der Waals surface area contributed by atoms with Gasteiger partial charge in [0.15, 0.2) is 11.5 Å². The lowest BCUT2D eigenvalue weighted by molar-refractivity contribution is 0.315. The predicted octanol–water partition coefficient (Wildman–Crippen LogP) is 4.47. The summed E-state index contributed by atoms with van der Waals surface area (Å²) in [5, 5.41) is 15.1. The summed E-state index contributed by atoms with van der Waals surface area (Å²) in [6.45, 7) is 3.13. The van der Waals surface area contributed by atoms with E-state index in [4.69, 9.17) is 9.47 Å². The third-order valence-electron chi connectivity index (χ3n) is 4.22. The molecule has 0 bridgehead atoms. The van der Waals surface area contributed by atoms with Gasteiger partial charge in [0.2, 0.25) is 0 Å². The molecule has 0 aliphatic carbocycles. The number of ether oxygens (including phenoxy) is 2. The zero-order valence-electron chi connectivity index (χ0n) is 16.0. The van der Waals surface area contributed by atoms with Crippen LogP contribution in [0.2, 0.25) is 0 Å². The molecule has 0 unspecified atom stereocenters. The number of rotatable bonds is 8. The predicted molar refractivity (Wildman–Crippen MR) is 111 cm³/mol. The fourth-order valence-corrected chi connectivity index (χ4v) is 2.85. The molecule has 0 saturated carbocycles. The normalized spacial score (nSPS) is 10.5. The molecule has 7 nitrogen and oxygen atoms in total. The maximum absolute atomic E-state index is 5.99. The van der Waals surface area contributed by atoms with E-state index in [-0.39, 0.29) is 6.01 Å². The molecular formula is C22H21N5O2. The fraction of sp³-hybridized carbons (Fsp3) is 0.136. The summed E-state index contributed by atoms with van der Waals surface area (Å²) >= 11 is 0. The molecule has 0 amide bonds.